The van der Waals surface area contributed by atoms with Gasteiger partial charge in [0.2, 0.25) is 5.91 Å². The topological polar surface area (TPSA) is 78.5 Å². The number of hydrogen-bond donors (Lipinski definition) is 2. The van der Waals surface area contributed by atoms with Gasteiger partial charge in [0, 0.05) is 6.04 Å². The number of carbonyl (C=O) groups is 3. The fourth-order valence-corrected chi connectivity index (χ4v) is 3.52. The van der Waals surface area contributed by atoms with Crippen molar-refractivity contribution >= 4 is 17.8 Å². The fraction of sp³-hybridized carbons (Fsp3) is 0.500. The SMILES string of the molecule is CC[C@H](C)NC(=O)CN1C(=O)N[C@@]2(CCCc3ccccc32)C1=O. The van der Waals surface area contributed by atoms with Crippen LogP contribution in [0.25, 0.3) is 0 Å². The molecular weight excluding hydrogens is 306 g/mol. The Labute approximate surface area is 141 Å². The third kappa shape index (κ3) is 2.66. The average molecular weight is 329 g/mol. The van der Waals surface area contributed by atoms with Gasteiger partial charge in [-0.3, -0.25) is 14.5 Å². The van der Waals surface area contributed by atoms with E-state index in [0.717, 1.165) is 35.3 Å². The first kappa shape index (κ1) is 16.5. The molecule has 2 N–H and O–H groups in total. The van der Waals surface area contributed by atoms with Crippen LogP contribution in [0.3, 0.4) is 0 Å². The summed E-state index contributed by atoms with van der Waals surface area (Å²) in [5.41, 5.74) is 0.936. The van der Waals surface area contributed by atoms with E-state index in [4.69, 9.17) is 0 Å². The molecule has 1 spiro atoms. The zero-order chi connectivity index (χ0) is 17.3. The van der Waals surface area contributed by atoms with Crippen molar-refractivity contribution in [2.75, 3.05) is 6.54 Å². The number of nitrogens with zero attached hydrogens (tertiary/aromatic N) is 1. The van der Waals surface area contributed by atoms with Crippen LogP contribution in [-0.4, -0.2) is 35.3 Å². The molecule has 2 aliphatic rings. The van der Waals surface area contributed by atoms with Crippen LogP contribution in [0.4, 0.5) is 4.79 Å². The van der Waals surface area contributed by atoms with Crippen molar-refractivity contribution in [3.8, 4) is 0 Å². The van der Waals surface area contributed by atoms with E-state index in [2.05, 4.69) is 10.6 Å². The molecule has 1 heterocycles. The second-order valence-corrected chi connectivity index (χ2v) is 6.61. The summed E-state index contributed by atoms with van der Waals surface area (Å²) in [6, 6.07) is 7.24. The van der Waals surface area contributed by atoms with Crippen molar-refractivity contribution in [1.82, 2.24) is 15.5 Å². The number of imide groups is 1. The molecule has 0 radical (unpaired) electrons. The number of carbonyl (C=O) groups excluding carboxylic acids is 3. The normalized spacial score (nSPS) is 23.8. The van der Waals surface area contributed by atoms with Crippen molar-refractivity contribution < 1.29 is 14.4 Å². The predicted molar refractivity (Wildman–Crippen MR) is 89.2 cm³/mol. The van der Waals surface area contributed by atoms with Crippen LogP contribution in [0.2, 0.25) is 0 Å². The van der Waals surface area contributed by atoms with Gasteiger partial charge in [-0.05, 0) is 43.7 Å². The van der Waals surface area contributed by atoms with Crippen LogP contribution in [0, 0.1) is 0 Å². The third-order valence-electron chi connectivity index (χ3n) is 4.97. The summed E-state index contributed by atoms with van der Waals surface area (Å²) in [4.78, 5) is 38.5. The van der Waals surface area contributed by atoms with Gasteiger partial charge < -0.3 is 10.6 Å². The zero-order valence-corrected chi connectivity index (χ0v) is 14.1. The molecule has 1 aliphatic heterocycles. The molecule has 1 aliphatic carbocycles. The van der Waals surface area contributed by atoms with Crippen LogP contribution in [-0.2, 0) is 21.5 Å². The van der Waals surface area contributed by atoms with E-state index < -0.39 is 11.6 Å². The summed E-state index contributed by atoms with van der Waals surface area (Å²) < 4.78 is 0. The molecule has 1 aromatic carbocycles. The minimum absolute atomic E-state index is 0.0163. The second-order valence-electron chi connectivity index (χ2n) is 6.61. The monoisotopic (exact) mass is 329 g/mol. The Morgan fingerprint density at radius 1 is 1.38 bits per heavy atom. The fourth-order valence-electron chi connectivity index (χ4n) is 3.52. The van der Waals surface area contributed by atoms with Crippen LogP contribution in [0.5, 0.6) is 0 Å². The highest BCUT2D eigenvalue weighted by Gasteiger charge is 2.54. The molecular formula is C18H23N3O3. The van der Waals surface area contributed by atoms with E-state index >= 15 is 0 Å². The predicted octanol–water partition coefficient (Wildman–Crippen LogP) is 1.68. The molecule has 6 nitrogen and oxygen atoms in total. The Morgan fingerprint density at radius 2 is 2.12 bits per heavy atom. The Morgan fingerprint density at radius 3 is 2.88 bits per heavy atom. The first-order valence-electron chi connectivity index (χ1n) is 8.50. The number of benzene rings is 1. The van der Waals surface area contributed by atoms with Gasteiger partial charge in [0.15, 0.2) is 0 Å². The minimum atomic E-state index is -1.01. The highest BCUT2D eigenvalue weighted by atomic mass is 16.2. The van der Waals surface area contributed by atoms with Gasteiger partial charge in [0.1, 0.15) is 12.1 Å². The summed E-state index contributed by atoms with van der Waals surface area (Å²) in [7, 11) is 0. The Balaban J connectivity index is 1.84. The summed E-state index contributed by atoms with van der Waals surface area (Å²) in [5.74, 6) is -0.632. The molecule has 1 saturated heterocycles. The van der Waals surface area contributed by atoms with Gasteiger partial charge >= 0.3 is 6.03 Å². The molecule has 0 aromatic heterocycles. The van der Waals surface area contributed by atoms with Crippen LogP contribution in [0.15, 0.2) is 24.3 Å². The van der Waals surface area contributed by atoms with Crippen molar-refractivity contribution in [3.63, 3.8) is 0 Å². The summed E-state index contributed by atoms with van der Waals surface area (Å²) in [6.45, 7) is 3.62. The lowest BCUT2D eigenvalue weighted by Crippen LogP contribution is -2.47. The molecule has 0 bridgehead atoms. The van der Waals surface area contributed by atoms with Gasteiger partial charge in [0.25, 0.3) is 5.91 Å². The average Bonchev–Trinajstić information content (AvgIpc) is 2.80. The van der Waals surface area contributed by atoms with Crippen LogP contribution in [0.1, 0.15) is 44.2 Å². The molecule has 24 heavy (non-hydrogen) atoms. The van der Waals surface area contributed by atoms with Crippen molar-refractivity contribution in [3.05, 3.63) is 35.4 Å². The number of hydrogen-bond acceptors (Lipinski definition) is 3. The maximum absolute atomic E-state index is 13.0. The number of nitrogens with one attached hydrogen (secondary N) is 2. The number of fused-ring (bicyclic) bond motifs is 2. The number of urea groups is 1. The van der Waals surface area contributed by atoms with Gasteiger partial charge in [-0.1, -0.05) is 31.2 Å². The molecule has 4 amide bonds. The molecule has 3 rings (SSSR count). The maximum atomic E-state index is 13.0. The minimum Gasteiger partial charge on any atom is -0.352 e. The van der Waals surface area contributed by atoms with E-state index in [1.54, 1.807) is 0 Å². The second kappa shape index (κ2) is 6.26. The smallest absolute Gasteiger partial charge is 0.325 e. The van der Waals surface area contributed by atoms with Crippen LogP contribution >= 0.6 is 0 Å². The molecule has 1 fully saturated rings. The lowest BCUT2D eigenvalue weighted by atomic mass is 9.76. The van der Waals surface area contributed by atoms with Gasteiger partial charge in [-0.15, -0.1) is 0 Å². The maximum Gasteiger partial charge on any atom is 0.325 e. The van der Waals surface area contributed by atoms with E-state index in [0.29, 0.717) is 6.42 Å². The van der Waals surface area contributed by atoms with Gasteiger partial charge in [0.05, 0.1) is 0 Å². The van der Waals surface area contributed by atoms with Crippen molar-refractivity contribution in [2.24, 2.45) is 0 Å². The lowest BCUT2D eigenvalue weighted by molar-refractivity contribution is -0.135. The van der Waals surface area contributed by atoms with Crippen molar-refractivity contribution in [2.45, 2.75) is 51.1 Å². The molecule has 2 atom stereocenters. The van der Waals surface area contributed by atoms with Crippen LogP contribution < -0.4 is 10.6 Å². The standard InChI is InChI=1S/C18H23N3O3/c1-3-12(2)19-15(22)11-21-16(23)18(20-17(21)24)10-6-8-13-7-4-5-9-14(13)18/h4-5,7,9,12H,3,6,8,10-11H2,1-2H3,(H,19,22)(H,20,24)/t12-,18+/m0/s1. The summed E-state index contributed by atoms with van der Waals surface area (Å²) in [6.07, 6.45) is 3.09. The van der Waals surface area contributed by atoms with E-state index in [-0.39, 0.29) is 24.4 Å². The van der Waals surface area contributed by atoms with Crippen molar-refractivity contribution in [1.29, 1.82) is 0 Å². The molecule has 0 unspecified atom stereocenters. The molecule has 6 heteroatoms. The lowest BCUT2D eigenvalue weighted by Gasteiger charge is -2.33. The Kier molecular flexibility index (Phi) is 4.30. The quantitative estimate of drug-likeness (QED) is 0.825. The van der Waals surface area contributed by atoms with Gasteiger partial charge in [-0.2, -0.15) is 0 Å². The van der Waals surface area contributed by atoms with E-state index in [1.807, 2.05) is 38.1 Å². The highest BCUT2D eigenvalue weighted by Crippen LogP contribution is 2.39. The summed E-state index contributed by atoms with van der Waals surface area (Å²) in [5, 5.41) is 5.65. The number of aryl methyl sites for hydroxylation is 1. The first-order chi connectivity index (χ1) is 11.5. The number of amides is 4. The molecule has 128 valence electrons. The van der Waals surface area contributed by atoms with Gasteiger partial charge in [-0.25, -0.2) is 4.79 Å². The van der Waals surface area contributed by atoms with E-state index in [9.17, 15) is 14.4 Å². The Bertz CT molecular complexity index is 688. The molecule has 1 aromatic rings. The number of rotatable bonds is 4. The largest absolute Gasteiger partial charge is 0.352 e. The third-order valence-corrected chi connectivity index (χ3v) is 4.97. The first-order valence-corrected chi connectivity index (χ1v) is 8.50. The highest BCUT2D eigenvalue weighted by molar-refractivity contribution is 6.09. The Hall–Kier alpha value is -2.37. The van der Waals surface area contributed by atoms with E-state index in [1.165, 1.54) is 0 Å². The summed E-state index contributed by atoms with van der Waals surface area (Å²) >= 11 is 0. The zero-order valence-electron chi connectivity index (χ0n) is 14.1. The molecule has 0 saturated carbocycles.